The van der Waals surface area contributed by atoms with Crippen LogP contribution in [0.3, 0.4) is 0 Å². The van der Waals surface area contributed by atoms with Crippen LogP contribution >= 0.6 is 0 Å². The van der Waals surface area contributed by atoms with Gasteiger partial charge >= 0.3 is 0 Å². The van der Waals surface area contributed by atoms with Crippen LogP contribution in [0, 0.1) is 5.92 Å². The van der Waals surface area contributed by atoms with Crippen LogP contribution in [-0.2, 0) is 0 Å². The van der Waals surface area contributed by atoms with Gasteiger partial charge in [0.2, 0.25) is 0 Å². The average Bonchev–Trinajstić information content (AvgIpc) is 2.28. The zero-order valence-corrected chi connectivity index (χ0v) is 12.1. The van der Waals surface area contributed by atoms with Gasteiger partial charge in [-0.3, -0.25) is 0 Å². The first-order valence-corrected chi connectivity index (χ1v) is 8.02. The smallest absolute Gasteiger partial charge is 0.00671 e. The van der Waals surface area contributed by atoms with Gasteiger partial charge in [-0.15, -0.1) is 0 Å². The lowest BCUT2D eigenvalue weighted by molar-refractivity contribution is 0.385. The maximum Gasteiger partial charge on any atom is 0.00671 e. The molecule has 0 spiro atoms. The highest BCUT2D eigenvalue weighted by Crippen LogP contribution is 2.17. The summed E-state index contributed by atoms with van der Waals surface area (Å²) in [5.41, 5.74) is 0. The minimum atomic E-state index is 0.788. The first kappa shape index (κ1) is 15.0. The number of hydrogen-bond acceptors (Lipinski definition) is 1. The van der Waals surface area contributed by atoms with Crippen molar-refractivity contribution in [2.45, 2.75) is 90.5 Å². The Kier molecular flexibility index (Phi) is 8.78. The highest BCUT2D eigenvalue weighted by atomic mass is 14.9. The van der Waals surface area contributed by atoms with E-state index in [0.717, 1.165) is 12.0 Å². The third-order valence-corrected chi connectivity index (χ3v) is 3.92. The molecule has 1 fully saturated rings. The summed E-state index contributed by atoms with van der Waals surface area (Å²) < 4.78 is 0. The summed E-state index contributed by atoms with van der Waals surface area (Å²) in [6.45, 7) is 5.81. The molecule has 1 saturated carbocycles. The molecule has 17 heavy (non-hydrogen) atoms. The van der Waals surface area contributed by atoms with E-state index in [-0.39, 0.29) is 0 Å². The Bertz CT molecular complexity index is 153. The van der Waals surface area contributed by atoms with E-state index < -0.39 is 0 Å². The molecule has 0 unspecified atom stereocenters. The first-order chi connectivity index (χ1) is 8.29. The fraction of sp³-hybridized carbons (Fsp3) is 1.00. The van der Waals surface area contributed by atoms with Crippen molar-refractivity contribution in [3.8, 4) is 0 Å². The normalized spacial score (nSPS) is 22.1. The molecule has 0 amide bonds. The van der Waals surface area contributed by atoms with Crippen LogP contribution in [-0.4, -0.2) is 12.6 Å². The summed E-state index contributed by atoms with van der Waals surface area (Å²) in [5.74, 6) is 0.788. The minimum absolute atomic E-state index is 0.788. The van der Waals surface area contributed by atoms with Crippen LogP contribution in [0.15, 0.2) is 0 Å². The monoisotopic (exact) mass is 239 g/mol. The molecular weight excluding hydrogens is 206 g/mol. The molecule has 0 saturated heterocycles. The summed E-state index contributed by atoms with van der Waals surface area (Å²) in [6, 6.07) is 0.803. The van der Waals surface area contributed by atoms with Gasteiger partial charge in [-0.2, -0.15) is 0 Å². The fourth-order valence-electron chi connectivity index (χ4n) is 2.77. The first-order valence-electron chi connectivity index (χ1n) is 8.02. The largest absolute Gasteiger partial charge is 0.314 e. The van der Waals surface area contributed by atoms with Crippen molar-refractivity contribution < 1.29 is 0 Å². The molecule has 0 bridgehead atoms. The fourth-order valence-corrected chi connectivity index (χ4v) is 2.77. The summed E-state index contributed by atoms with van der Waals surface area (Å²) in [4.78, 5) is 0. The van der Waals surface area contributed by atoms with Crippen molar-refractivity contribution in [1.29, 1.82) is 0 Å². The van der Waals surface area contributed by atoms with E-state index in [9.17, 15) is 0 Å². The van der Waals surface area contributed by atoms with E-state index >= 15 is 0 Å². The Morgan fingerprint density at radius 2 is 1.18 bits per heavy atom. The lowest BCUT2D eigenvalue weighted by Gasteiger charge is -2.20. The Morgan fingerprint density at radius 3 is 1.59 bits per heavy atom. The van der Waals surface area contributed by atoms with E-state index in [4.69, 9.17) is 0 Å². The Hall–Kier alpha value is -0.0400. The molecule has 0 heterocycles. The third-order valence-electron chi connectivity index (χ3n) is 3.92. The summed E-state index contributed by atoms with van der Waals surface area (Å²) in [7, 11) is 0. The van der Waals surface area contributed by atoms with Crippen molar-refractivity contribution in [1.82, 2.24) is 5.32 Å². The minimum Gasteiger partial charge on any atom is -0.314 e. The third kappa shape index (κ3) is 8.65. The van der Waals surface area contributed by atoms with E-state index in [1.165, 1.54) is 77.2 Å². The molecule has 0 radical (unpaired) electrons. The van der Waals surface area contributed by atoms with Crippen molar-refractivity contribution in [3.63, 3.8) is 0 Å². The Labute approximate surface area is 109 Å². The predicted molar refractivity (Wildman–Crippen MR) is 77.4 cm³/mol. The van der Waals surface area contributed by atoms with Crippen LogP contribution in [0.4, 0.5) is 0 Å². The van der Waals surface area contributed by atoms with Gasteiger partial charge < -0.3 is 5.32 Å². The van der Waals surface area contributed by atoms with E-state index in [1.54, 1.807) is 0 Å². The zero-order chi connectivity index (χ0) is 12.3. The summed E-state index contributed by atoms with van der Waals surface area (Å²) in [6.07, 6.45) is 16.0. The van der Waals surface area contributed by atoms with Crippen molar-refractivity contribution in [2.75, 3.05) is 6.54 Å². The number of nitrogens with one attached hydrogen (secondary N) is 1. The summed E-state index contributed by atoms with van der Waals surface area (Å²) >= 11 is 0. The van der Waals surface area contributed by atoms with Gasteiger partial charge in [0.15, 0.2) is 0 Å². The van der Waals surface area contributed by atoms with Gasteiger partial charge in [-0.1, -0.05) is 71.6 Å². The van der Waals surface area contributed by atoms with Gasteiger partial charge in [-0.05, 0) is 25.3 Å². The molecular formula is C16H33N. The molecule has 1 rings (SSSR count). The highest BCUT2D eigenvalue weighted by Gasteiger charge is 2.09. The van der Waals surface area contributed by atoms with Gasteiger partial charge in [0.05, 0.1) is 0 Å². The van der Waals surface area contributed by atoms with Gasteiger partial charge in [0.25, 0.3) is 0 Å². The Balaban J connectivity index is 2.22. The molecule has 0 aromatic rings. The second-order valence-electron chi connectivity index (χ2n) is 6.26. The van der Waals surface area contributed by atoms with Crippen molar-refractivity contribution in [2.24, 2.45) is 5.92 Å². The molecule has 1 aliphatic carbocycles. The second kappa shape index (κ2) is 9.94. The van der Waals surface area contributed by atoms with Crippen LogP contribution in [0.25, 0.3) is 0 Å². The summed E-state index contributed by atoms with van der Waals surface area (Å²) in [5, 5.41) is 3.77. The van der Waals surface area contributed by atoms with Gasteiger partial charge in [0.1, 0.15) is 0 Å². The van der Waals surface area contributed by atoms with Gasteiger partial charge in [-0.25, -0.2) is 0 Å². The van der Waals surface area contributed by atoms with E-state index in [2.05, 4.69) is 19.2 Å². The maximum absolute atomic E-state index is 3.77. The molecule has 1 heteroatoms. The molecule has 1 aliphatic rings. The maximum atomic E-state index is 3.77. The van der Waals surface area contributed by atoms with Crippen molar-refractivity contribution >= 4 is 0 Å². The molecule has 0 aliphatic heterocycles. The highest BCUT2D eigenvalue weighted by molar-refractivity contribution is 4.69. The molecule has 0 aromatic carbocycles. The molecule has 1 N–H and O–H groups in total. The van der Waals surface area contributed by atoms with Crippen LogP contribution in [0.2, 0.25) is 0 Å². The SMILES string of the molecule is CC(C)CNC1CCCCCCCCCCC1. The van der Waals surface area contributed by atoms with Crippen molar-refractivity contribution in [3.05, 3.63) is 0 Å². The lowest BCUT2D eigenvalue weighted by Crippen LogP contribution is -2.32. The Morgan fingerprint density at radius 1 is 0.765 bits per heavy atom. The van der Waals surface area contributed by atoms with Gasteiger partial charge in [0, 0.05) is 6.04 Å². The number of hydrogen-bond donors (Lipinski definition) is 1. The molecule has 0 atom stereocenters. The van der Waals surface area contributed by atoms with Crippen LogP contribution in [0.1, 0.15) is 84.5 Å². The van der Waals surface area contributed by atoms with E-state index in [1.807, 2.05) is 0 Å². The molecule has 102 valence electrons. The quantitative estimate of drug-likeness (QED) is 0.738. The topological polar surface area (TPSA) is 12.0 Å². The predicted octanol–water partition coefficient (Wildman–Crippen LogP) is 4.91. The van der Waals surface area contributed by atoms with Crippen LogP contribution in [0.5, 0.6) is 0 Å². The van der Waals surface area contributed by atoms with Crippen LogP contribution < -0.4 is 5.32 Å². The standard InChI is InChI=1S/C16H33N/c1-15(2)14-17-16-12-10-8-6-4-3-5-7-9-11-13-16/h15-17H,3-14H2,1-2H3. The van der Waals surface area contributed by atoms with E-state index in [0.29, 0.717) is 0 Å². The second-order valence-corrected chi connectivity index (χ2v) is 6.26. The average molecular weight is 239 g/mol. The molecule has 0 aromatic heterocycles. The molecule has 1 nitrogen and oxygen atoms in total. The zero-order valence-electron chi connectivity index (χ0n) is 12.1. The number of rotatable bonds is 3. The lowest BCUT2D eigenvalue weighted by atomic mass is 9.97.